The number of aromatic nitrogens is 2. The van der Waals surface area contributed by atoms with Crippen molar-refractivity contribution in [2.75, 3.05) is 5.32 Å². The third-order valence-electron chi connectivity index (χ3n) is 4.40. The van der Waals surface area contributed by atoms with Gasteiger partial charge in [-0.05, 0) is 50.3 Å². The molecule has 120 valence electrons. The Bertz CT molecular complexity index is 734. The normalized spacial score (nSPS) is 19.0. The van der Waals surface area contributed by atoms with Gasteiger partial charge in [0.1, 0.15) is 0 Å². The summed E-state index contributed by atoms with van der Waals surface area (Å²) < 4.78 is 5.34. The standard InChI is InChI=1S/C16H19N5O2/c17-16(7-2-8-16)14-20-13(23-21-14)10-3-1-4-12(9-10)19-15(22)18-11-5-6-11/h1,3-4,9,11H,2,5-8,17H2,(H2,18,19,22). The van der Waals surface area contributed by atoms with Crippen molar-refractivity contribution in [3.63, 3.8) is 0 Å². The van der Waals surface area contributed by atoms with E-state index in [1.807, 2.05) is 24.3 Å². The van der Waals surface area contributed by atoms with Crippen LogP contribution in [0.4, 0.5) is 10.5 Å². The molecule has 7 heteroatoms. The second kappa shape index (κ2) is 5.34. The second-order valence-electron chi connectivity index (χ2n) is 6.39. The molecule has 2 aliphatic carbocycles. The van der Waals surface area contributed by atoms with Crippen LogP contribution >= 0.6 is 0 Å². The molecule has 4 N–H and O–H groups in total. The number of amides is 2. The topological polar surface area (TPSA) is 106 Å². The number of benzene rings is 1. The lowest BCUT2D eigenvalue weighted by atomic mass is 9.77. The van der Waals surface area contributed by atoms with Crippen molar-refractivity contribution in [3.8, 4) is 11.5 Å². The van der Waals surface area contributed by atoms with Crippen LogP contribution in [0.1, 0.15) is 37.9 Å². The first-order valence-corrected chi connectivity index (χ1v) is 7.93. The van der Waals surface area contributed by atoms with Gasteiger partial charge in [0.15, 0.2) is 5.82 Å². The van der Waals surface area contributed by atoms with Gasteiger partial charge in [0.2, 0.25) is 0 Å². The molecule has 0 aliphatic heterocycles. The molecule has 7 nitrogen and oxygen atoms in total. The molecule has 0 saturated heterocycles. The first kappa shape index (κ1) is 14.2. The molecule has 23 heavy (non-hydrogen) atoms. The molecule has 0 bridgehead atoms. The summed E-state index contributed by atoms with van der Waals surface area (Å²) in [7, 11) is 0. The average molecular weight is 313 g/mol. The molecule has 2 amide bonds. The SMILES string of the molecule is NC1(c2noc(-c3cccc(NC(=O)NC4CC4)c3)n2)CCC1. The summed E-state index contributed by atoms with van der Waals surface area (Å²) in [6.45, 7) is 0. The quantitative estimate of drug-likeness (QED) is 0.803. The van der Waals surface area contributed by atoms with Crippen LogP contribution in [0.5, 0.6) is 0 Å². The molecule has 1 heterocycles. The fraction of sp³-hybridized carbons (Fsp3) is 0.438. The molecule has 0 radical (unpaired) electrons. The molecule has 4 rings (SSSR count). The van der Waals surface area contributed by atoms with Crippen LogP contribution in [0.15, 0.2) is 28.8 Å². The Kier molecular flexibility index (Phi) is 3.30. The molecule has 0 spiro atoms. The van der Waals surface area contributed by atoms with Crippen LogP contribution in [0.25, 0.3) is 11.5 Å². The minimum Gasteiger partial charge on any atom is -0.335 e. The molecule has 0 atom stereocenters. The first-order chi connectivity index (χ1) is 11.1. The Morgan fingerprint density at radius 3 is 2.87 bits per heavy atom. The molecular weight excluding hydrogens is 294 g/mol. The smallest absolute Gasteiger partial charge is 0.319 e. The molecule has 1 aromatic heterocycles. The van der Waals surface area contributed by atoms with Crippen LogP contribution in [-0.2, 0) is 5.54 Å². The van der Waals surface area contributed by atoms with E-state index in [2.05, 4.69) is 20.8 Å². The van der Waals surface area contributed by atoms with Crippen molar-refractivity contribution in [3.05, 3.63) is 30.1 Å². The van der Waals surface area contributed by atoms with Gasteiger partial charge in [-0.3, -0.25) is 0 Å². The number of hydrogen-bond donors (Lipinski definition) is 3. The predicted molar refractivity (Wildman–Crippen MR) is 84.6 cm³/mol. The summed E-state index contributed by atoms with van der Waals surface area (Å²) >= 11 is 0. The van der Waals surface area contributed by atoms with Crippen LogP contribution in [0.2, 0.25) is 0 Å². The Morgan fingerprint density at radius 1 is 1.35 bits per heavy atom. The van der Waals surface area contributed by atoms with E-state index in [1.165, 1.54) is 0 Å². The van der Waals surface area contributed by atoms with E-state index in [9.17, 15) is 4.79 Å². The number of urea groups is 1. The number of hydrogen-bond acceptors (Lipinski definition) is 5. The summed E-state index contributed by atoms with van der Waals surface area (Å²) in [5, 5.41) is 9.71. The molecule has 0 unspecified atom stereocenters. The van der Waals surface area contributed by atoms with E-state index in [0.29, 0.717) is 23.4 Å². The maximum Gasteiger partial charge on any atom is 0.319 e. The summed E-state index contributed by atoms with van der Waals surface area (Å²) in [5.74, 6) is 0.978. The first-order valence-electron chi connectivity index (χ1n) is 7.93. The monoisotopic (exact) mass is 313 g/mol. The lowest BCUT2D eigenvalue weighted by molar-refractivity contribution is 0.229. The molecule has 2 saturated carbocycles. The molecule has 2 aliphatic rings. The summed E-state index contributed by atoms with van der Waals surface area (Å²) in [5.41, 5.74) is 7.22. The minimum absolute atomic E-state index is 0.189. The van der Waals surface area contributed by atoms with Gasteiger partial charge in [-0.2, -0.15) is 4.98 Å². The highest BCUT2D eigenvalue weighted by Gasteiger charge is 2.39. The van der Waals surface area contributed by atoms with Crippen molar-refractivity contribution in [2.24, 2.45) is 5.73 Å². The number of nitrogens with zero attached hydrogens (tertiary/aromatic N) is 2. The van der Waals surface area contributed by atoms with Gasteiger partial charge in [0, 0.05) is 17.3 Å². The summed E-state index contributed by atoms with van der Waals surface area (Å²) in [6, 6.07) is 7.47. The van der Waals surface area contributed by atoms with Gasteiger partial charge in [-0.25, -0.2) is 4.79 Å². The van der Waals surface area contributed by atoms with Gasteiger partial charge in [0.25, 0.3) is 5.89 Å². The van der Waals surface area contributed by atoms with Crippen LogP contribution in [0.3, 0.4) is 0 Å². The number of nitrogens with two attached hydrogens (primary N) is 1. The zero-order valence-corrected chi connectivity index (χ0v) is 12.7. The number of carbonyl (C=O) groups excluding carboxylic acids is 1. The number of nitrogens with one attached hydrogen (secondary N) is 2. The Labute approximate surface area is 133 Å². The van der Waals surface area contributed by atoms with Gasteiger partial charge < -0.3 is 20.9 Å². The Balaban J connectivity index is 1.50. The van der Waals surface area contributed by atoms with Crippen LogP contribution < -0.4 is 16.4 Å². The van der Waals surface area contributed by atoms with E-state index in [1.54, 1.807) is 0 Å². The van der Waals surface area contributed by atoms with E-state index >= 15 is 0 Å². The fourth-order valence-electron chi connectivity index (χ4n) is 2.63. The predicted octanol–water partition coefficient (Wildman–Crippen LogP) is 2.36. The van der Waals surface area contributed by atoms with Gasteiger partial charge in [-0.15, -0.1) is 0 Å². The lowest BCUT2D eigenvalue weighted by Gasteiger charge is -2.34. The van der Waals surface area contributed by atoms with E-state index < -0.39 is 5.54 Å². The average Bonchev–Trinajstić information content (AvgIpc) is 3.16. The maximum absolute atomic E-state index is 11.8. The third-order valence-corrected chi connectivity index (χ3v) is 4.40. The lowest BCUT2D eigenvalue weighted by Crippen LogP contribution is -2.44. The highest BCUT2D eigenvalue weighted by Crippen LogP contribution is 2.37. The highest BCUT2D eigenvalue weighted by molar-refractivity contribution is 5.90. The van der Waals surface area contributed by atoms with Crippen molar-refractivity contribution < 1.29 is 9.32 Å². The van der Waals surface area contributed by atoms with Gasteiger partial charge >= 0.3 is 6.03 Å². The van der Waals surface area contributed by atoms with Crippen molar-refractivity contribution in [2.45, 2.75) is 43.7 Å². The second-order valence-corrected chi connectivity index (χ2v) is 6.39. The minimum atomic E-state index is -0.443. The fourth-order valence-corrected chi connectivity index (χ4v) is 2.63. The summed E-state index contributed by atoms with van der Waals surface area (Å²) in [6.07, 6.45) is 4.97. The number of carbonyl (C=O) groups is 1. The molecular formula is C16H19N5O2. The molecule has 1 aromatic carbocycles. The van der Waals surface area contributed by atoms with Crippen molar-refractivity contribution >= 4 is 11.7 Å². The Hall–Kier alpha value is -2.41. The zero-order valence-electron chi connectivity index (χ0n) is 12.7. The highest BCUT2D eigenvalue weighted by atomic mass is 16.5. The zero-order chi connectivity index (χ0) is 15.9. The van der Waals surface area contributed by atoms with Crippen molar-refractivity contribution in [1.29, 1.82) is 0 Å². The number of anilines is 1. The number of rotatable bonds is 4. The summed E-state index contributed by atoms with van der Waals surface area (Å²) in [4.78, 5) is 16.2. The van der Waals surface area contributed by atoms with Crippen LogP contribution in [0, 0.1) is 0 Å². The van der Waals surface area contributed by atoms with Crippen LogP contribution in [-0.4, -0.2) is 22.2 Å². The Morgan fingerprint density at radius 2 is 2.17 bits per heavy atom. The van der Waals surface area contributed by atoms with E-state index in [4.69, 9.17) is 10.3 Å². The van der Waals surface area contributed by atoms with Crippen molar-refractivity contribution in [1.82, 2.24) is 15.5 Å². The maximum atomic E-state index is 11.8. The van der Waals surface area contributed by atoms with Gasteiger partial charge in [0.05, 0.1) is 5.54 Å². The molecule has 2 aromatic rings. The van der Waals surface area contributed by atoms with E-state index in [-0.39, 0.29) is 6.03 Å². The largest absolute Gasteiger partial charge is 0.335 e. The van der Waals surface area contributed by atoms with E-state index in [0.717, 1.165) is 37.7 Å². The molecule has 2 fully saturated rings. The van der Waals surface area contributed by atoms with Gasteiger partial charge in [-0.1, -0.05) is 11.2 Å². The third kappa shape index (κ3) is 2.92.